The molecule has 0 heterocycles. The Balaban J connectivity index is 1.32. The predicted octanol–water partition coefficient (Wildman–Crippen LogP) is 3.18. The molecular formula is C27H27N3O6. The van der Waals surface area contributed by atoms with E-state index in [0.717, 1.165) is 40.7 Å². The molecule has 0 saturated carbocycles. The molecule has 0 saturated heterocycles. The molecule has 3 amide bonds. The van der Waals surface area contributed by atoms with Gasteiger partial charge in [-0.25, -0.2) is 15.0 Å². The highest BCUT2D eigenvalue weighted by Crippen LogP contribution is 2.44. The number of carbonyl (C=O) groups is 4. The summed E-state index contributed by atoms with van der Waals surface area (Å²) in [5.74, 6) is -3.89. The molecule has 2 aliphatic carbocycles. The number of carboxylic acids is 1. The zero-order chi connectivity index (χ0) is 25.5. The Labute approximate surface area is 208 Å². The first-order valence-corrected chi connectivity index (χ1v) is 11.7. The smallest absolute Gasteiger partial charge is 0.426 e. The van der Waals surface area contributed by atoms with Gasteiger partial charge in [0.25, 0.3) is 5.91 Å². The quantitative estimate of drug-likeness (QED) is 0.349. The Hall–Kier alpha value is -4.40. The molecule has 9 nitrogen and oxygen atoms in total. The number of rotatable bonds is 7. The number of hydrogen-bond acceptors (Lipinski definition) is 5. The van der Waals surface area contributed by atoms with E-state index in [1.54, 1.807) is 0 Å². The van der Waals surface area contributed by atoms with Crippen molar-refractivity contribution in [2.45, 2.75) is 37.6 Å². The lowest BCUT2D eigenvalue weighted by Gasteiger charge is -2.19. The van der Waals surface area contributed by atoms with Crippen molar-refractivity contribution < 1.29 is 29.0 Å². The summed E-state index contributed by atoms with van der Waals surface area (Å²) < 4.78 is 5.38. The fourth-order valence-corrected chi connectivity index (χ4v) is 4.49. The third kappa shape index (κ3) is 5.80. The lowest BCUT2D eigenvalue weighted by Crippen LogP contribution is -2.53. The number of aliphatic carboxylic acids is 1. The first-order chi connectivity index (χ1) is 17.4. The Kier molecular flexibility index (Phi) is 7.79. The summed E-state index contributed by atoms with van der Waals surface area (Å²) in [6.07, 6.45) is 7.55. The molecule has 186 valence electrons. The van der Waals surface area contributed by atoms with Crippen molar-refractivity contribution in [2.24, 2.45) is 0 Å². The summed E-state index contributed by atoms with van der Waals surface area (Å²) in [5, 5.41) is 11.1. The average Bonchev–Trinajstić information content (AvgIpc) is 3.22. The van der Waals surface area contributed by atoms with Gasteiger partial charge in [-0.2, -0.15) is 0 Å². The fourth-order valence-electron chi connectivity index (χ4n) is 4.49. The maximum Gasteiger partial charge on any atom is 0.426 e. The van der Waals surface area contributed by atoms with Crippen LogP contribution in [-0.4, -0.2) is 41.6 Å². The number of hydrazine groups is 1. The van der Waals surface area contributed by atoms with Gasteiger partial charge in [-0.05, 0) is 47.9 Å². The molecule has 1 atom stereocenters. The Morgan fingerprint density at radius 3 is 2.22 bits per heavy atom. The first-order valence-electron chi connectivity index (χ1n) is 11.7. The second kappa shape index (κ2) is 11.4. The molecule has 2 aromatic rings. The Morgan fingerprint density at radius 1 is 0.944 bits per heavy atom. The van der Waals surface area contributed by atoms with Crippen molar-refractivity contribution in [2.75, 3.05) is 6.61 Å². The summed E-state index contributed by atoms with van der Waals surface area (Å²) in [6, 6.07) is 14.7. The molecule has 0 aromatic heterocycles. The molecule has 4 N–H and O–H groups in total. The third-order valence-electron chi connectivity index (χ3n) is 6.24. The van der Waals surface area contributed by atoms with Crippen LogP contribution in [0.1, 0.15) is 42.7 Å². The molecule has 0 radical (unpaired) electrons. The van der Waals surface area contributed by atoms with Crippen LogP contribution >= 0.6 is 0 Å². The topological polar surface area (TPSA) is 134 Å². The summed E-state index contributed by atoms with van der Waals surface area (Å²) >= 11 is 0. The minimum Gasteiger partial charge on any atom is -0.474 e. The van der Waals surface area contributed by atoms with E-state index >= 15 is 0 Å². The van der Waals surface area contributed by atoms with E-state index in [-0.39, 0.29) is 18.9 Å². The SMILES string of the molecule is O=C(NNC(=O)C(CCC1=CCCC=C1)NC(=O)C(=O)O)OCC1c2ccccc2-c2ccccc21. The predicted molar refractivity (Wildman–Crippen MR) is 132 cm³/mol. The van der Waals surface area contributed by atoms with Crippen LogP contribution in [0.25, 0.3) is 11.1 Å². The summed E-state index contributed by atoms with van der Waals surface area (Å²) in [7, 11) is 0. The molecule has 36 heavy (non-hydrogen) atoms. The molecule has 1 unspecified atom stereocenters. The van der Waals surface area contributed by atoms with Gasteiger partial charge in [0.05, 0.1) is 0 Å². The van der Waals surface area contributed by atoms with Crippen molar-refractivity contribution in [3.8, 4) is 11.1 Å². The average molecular weight is 490 g/mol. The number of benzene rings is 2. The highest BCUT2D eigenvalue weighted by atomic mass is 16.6. The van der Waals surface area contributed by atoms with Gasteiger partial charge in [0.1, 0.15) is 12.6 Å². The van der Waals surface area contributed by atoms with Crippen LogP contribution in [0.4, 0.5) is 4.79 Å². The standard InChI is InChI=1S/C27H27N3O6/c31-24(23(28-25(32)26(33)34)15-14-17-8-2-1-3-9-17)29-30-27(35)36-16-22-20-12-6-4-10-18(20)19-11-5-7-13-21(19)22/h2,4-13,22-23H,1,3,14-16H2,(H,28,32)(H,29,31)(H,30,35)(H,33,34). The van der Waals surface area contributed by atoms with E-state index in [9.17, 15) is 19.2 Å². The van der Waals surface area contributed by atoms with Crippen LogP contribution in [-0.2, 0) is 19.1 Å². The fraction of sp³-hybridized carbons (Fsp3) is 0.259. The number of nitrogens with one attached hydrogen (secondary N) is 3. The Morgan fingerprint density at radius 2 is 1.61 bits per heavy atom. The monoisotopic (exact) mass is 489 g/mol. The lowest BCUT2D eigenvalue weighted by atomic mass is 9.98. The molecular weight excluding hydrogens is 462 g/mol. The molecule has 0 bridgehead atoms. The van der Waals surface area contributed by atoms with E-state index in [1.165, 1.54) is 0 Å². The maximum atomic E-state index is 12.6. The lowest BCUT2D eigenvalue weighted by molar-refractivity contribution is -0.151. The van der Waals surface area contributed by atoms with Crippen molar-refractivity contribution in [1.29, 1.82) is 0 Å². The van der Waals surface area contributed by atoms with Gasteiger partial charge in [0.15, 0.2) is 0 Å². The van der Waals surface area contributed by atoms with Crippen LogP contribution in [0, 0.1) is 0 Å². The highest BCUT2D eigenvalue weighted by molar-refractivity contribution is 6.32. The largest absolute Gasteiger partial charge is 0.474 e. The van der Waals surface area contributed by atoms with Crippen LogP contribution in [0.2, 0.25) is 0 Å². The number of ether oxygens (including phenoxy) is 1. The van der Waals surface area contributed by atoms with Gasteiger partial charge in [-0.3, -0.25) is 15.0 Å². The highest BCUT2D eigenvalue weighted by Gasteiger charge is 2.29. The van der Waals surface area contributed by atoms with E-state index in [0.29, 0.717) is 6.42 Å². The van der Waals surface area contributed by atoms with Crippen molar-refractivity contribution in [1.82, 2.24) is 16.2 Å². The normalized spacial score (nSPS) is 14.6. The molecule has 2 aromatic carbocycles. The summed E-state index contributed by atoms with van der Waals surface area (Å²) in [5.41, 5.74) is 9.69. The van der Waals surface area contributed by atoms with E-state index in [1.807, 2.05) is 66.8 Å². The van der Waals surface area contributed by atoms with Crippen molar-refractivity contribution in [3.63, 3.8) is 0 Å². The van der Waals surface area contributed by atoms with Gasteiger partial charge in [0, 0.05) is 5.92 Å². The molecule has 4 rings (SSSR count). The van der Waals surface area contributed by atoms with Gasteiger partial charge < -0.3 is 15.2 Å². The number of amides is 3. The molecule has 0 aliphatic heterocycles. The second-order valence-electron chi connectivity index (χ2n) is 8.57. The second-order valence-corrected chi connectivity index (χ2v) is 8.57. The zero-order valence-electron chi connectivity index (χ0n) is 19.5. The number of fused-ring (bicyclic) bond motifs is 3. The van der Waals surface area contributed by atoms with Crippen molar-refractivity contribution >= 4 is 23.9 Å². The number of allylic oxidation sites excluding steroid dienone is 4. The van der Waals surface area contributed by atoms with Crippen LogP contribution < -0.4 is 16.2 Å². The molecule has 0 fully saturated rings. The number of hydrogen-bond donors (Lipinski definition) is 4. The van der Waals surface area contributed by atoms with Gasteiger partial charge >= 0.3 is 18.0 Å². The minimum absolute atomic E-state index is 0.0649. The van der Waals surface area contributed by atoms with Crippen LogP contribution in [0.5, 0.6) is 0 Å². The molecule has 9 heteroatoms. The van der Waals surface area contributed by atoms with Crippen LogP contribution in [0.3, 0.4) is 0 Å². The van der Waals surface area contributed by atoms with E-state index < -0.39 is 29.9 Å². The van der Waals surface area contributed by atoms with Crippen LogP contribution in [0.15, 0.2) is 72.3 Å². The van der Waals surface area contributed by atoms with Crippen molar-refractivity contribution in [3.05, 3.63) is 83.5 Å². The summed E-state index contributed by atoms with van der Waals surface area (Å²) in [6.45, 7) is 0.0649. The third-order valence-corrected chi connectivity index (χ3v) is 6.24. The van der Waals surface area contributed by atoms with Gasteiger partial charge in [-0.1, -0.05) is 72.3 Å². The van der Waals surface area contributed by atoms with E-state index in [4.69, 9.17) is 9.84 Å². The zero-order valence-corrected chi connectivity index (χ0v) is 19.5. The maximum absolute atomic E-state index is 12.6. The number of carboxylic acid groups (broad SMARTS) is 1. The van der Waals surface area contributed by atoms with Gasteiger partial charge in [-0.15, -0.1) is 0 Å². The van der Waals surface area contributed by atoms with E-state index in [2.05, 4.69) is 16.2 Å². The Bertz CT molecular complexity index is 1190. The molecule has 0 spiro atoms. The van der Waals surface area contributed by atoms with Gasteiger partial charge in [0.2, 0.25) is 0 Å². The minimum atomic E-state index is -1.70. The first kappa shape index (κ1) is 24.7. The molecule has 2 aliphatic rings. The summed E-state index contributed by atoms with van der Waals surface area (Å²) in [4.78, 5) is 47.6. The number of carbonyl (C=O) groups excluding carboxylic acids is 3.